The van der Waals surface area contributed by atoms with Crippen LogP contribution in [0.2, 0.25) is 0 Å². The van der Waals surface area contributed by atoms with Gasteiger partial charge in [-0.2, -0.15) is 0 Å². The zero-order valence-electron chi connectivity index (χ0n) is 11.2. The number of ether oxygens (including phenoxy) is 1. The van der Waals surface area contributed by atoms with Crippen molar-refractivity contribution in [3.8, 4) is 0 Å². The van der Waals surface area contributed by atoms with Crippen LogP contribution in [0.5, 0.6) is 0 Å². The van der Waals surface area contributed by atoms with E-state index in [1.807, 2.05) is 30.3 Å². The number of fused-ring (bicyclic) bond motifs is 2. The lowest BCUT2D eigenvalue weighted by atomic mass is 9.98. The monoisotopic (exact) mass is 278 g/mol. The molecular weight excluding hydrogens is 259 g/mol. The van der Waals surface area contributed by atoms with E-state index >= 15 is 0 Å². The predicted molar refractivity (Wildman–Crippen MR) is 73.0 cm³/mol. The van der Waals surface area contributed by atoms with Gasteiger partial charge in [0.2, 0.25) is 0 Å². The molecule has 2 fully saturated rings. The first-order valence-corrected chi connectivity index (χ1v) is 7.10. The van der Waals surface area contributed by atoms with Crippen molar-refractivity contribution in [3.63, 3.8) is 0 Å². The Morgan fingerprint density at radius 1 is 1.35 bits per heavy atom. The molecule has 1 amide bonds. The molecule has 0 unspecified atom stereocenters. The molecular formula is C15H19FN2O2. The number of amides is 1. The Labute approximate surface area is 117 Å². The lowest BCUT2D eigenvalue weighted by Gasteiger charge is -2.32. The fraction of sp³-hybridized carbons (Fsp3) is 0.533. The summed E-state index contributed by atoms with van der Waals surface area (Å²) in [6, 6.07) is 9.22. The smallest absolute Gasteiger partial charge is 0.407 e. The molecule has 108 valence electrons. The highest BCUT2D eigenvalue weighted by Gasteiger charge is 2.42. The van der Waals surface area contributed by atoms with E-state index in [1.54, 1.807) is 0 Å². The Bertz CT molecular complexity index is 468. The summed E-state index contributed by atoms with van der Waals surface area (Å²) in [5.41, 5.74) is 0.921. The molecule has 2 heterocycles. The van der Waals surface area contributed by atoms with Crippen LogP contribution in [-0.4, -0.2) is 30.4 Å². The van der Waals surface area contributed by atoms with Gasteiger partial charge in [0.1, 0.15) is 12.8 Å². The van der Waals surface area contributed by atoms with E-state index in [4.69, 9.17) is 4.74 Å². The van der Waals surface area contributed by atoms with E-state index in [-0.39, 0.29) is 12.6 Å². The lowest BCUT2D eigenvalue weighted by molar-refractivity contribution is 0.111. The molecule has 0 aromatic heterocycles. The van der Waals surface area contributed by atoms with E-state index in [1.165, 1.54) is 0 Å². The minimum atomic E-state index is -1.03. The van der Waals surface area contributed by atoms with Crippen molar-refractivity contribution in [3.05, 3.63) is 35.9 Å². The van der Waals surface area contributed by atoms with Gasteiger partial charge in [-0.15, -0.1) is 0 Å². The van der Waals surface area contributed by atoms with Crippen molar-refractivity contribution >= 4 is 6.09 Å². The van der Waals surface area contributed by atoms with Gasteiger partial charge in [-0.1, -0.05) is 30.3 Å². The number of piperidine rings is 1. The molecule has 2 N–H and O–H groups in total. The Hall–Kier alpha value is -1.62. The average molecular weight is 278 g/mol. The molecule has 5 heteroatoms. The zero-order chi connectivity index (χ0) is 13.9. The van der Waals surface area contributed by atoms with Crippen molar-refractivity contribution in [2.45, 2.75) is 50.2 Å². The summed E-state index contributed by atoms with van der Waals surface area (Å²) in [6.07, 6.45) is 0.907. The number of benzene rings is 1. The first-order chi connectivity index (χ1) is 9.72. The van der Waals surface area contributed by atoms with E-state index in [0.717, 1.165) is 18.4 Å². The molecule has 0 spiro atoms. The quantitative estimate of drug-likeness (QED) is 0.890. The summed E-state index contributed by atoms with van der Waals surface area (Å²) in [6.45, 7) is 0.210. The van der Waals surface area contributed by atoms with E-state index in [9.17, 15) is 9.18 Å². The zero-order valence-corrected chi connectivity index (χ0v) is 11.2. The number of alkyl carbamates (subject to hydrolysis) is 1. The molecule has 4 nitrogen and oxygen atoms in total. The molecule has 0 radical (unpaired) electrons. The van der Waals surface area contributed by atoms with Crippen LogP contribution in [0.4, 0.5) is 9.18 Å². The van der Waals surface area contributed by atoms with Crippen LogP contribution in [0.3, 0.4) is 0 Å². The summed E-state index contributed by atoms with van der Waals surface area (Å²) in [7, 11) is 0. The van der Waals surface area contributed by atoms with Crippen LogP contribution in [0, 0.1) is 0 Å². The van der Waals surface area contributed by atoms with Crippen molar-refractivity contribution in [2.75, 3.05) is 0 Å². The minimum Gasteiger partial charge on any atom is -0.445 e. The maximum absolute atomic E-state index is 14.1. The van der Waals surface area contributed by atoms with Gasteiger partial charge in [0.05, 0.1) is 6.04 Å². The van der Waals surface area contributed by atoms with Gasteiger partial charge in [0.25, 0.3) is 0 Å². The second-order valence-electron chi connectivity index (χ2n) is 5.54. The van der Waals surface area contributed by atoms with Crippen LogP contribution in [0.1, 0.15) is 24.8 Å². The van der Waals surface area contributed by atoms with Gasteiger partial charge in [-0.25, -0.2) is 9.18 Å². The molecule has 3 rings (SSSR count). The van der Waals surface area contributed by atoms with Crippen LogP contribution in [-0.2, 0) is 11.3 Å². The van der Waals surface area contributed by atoms with Crippen molar-refractivity contribution in [1.29, 1.82) is 0 Å². The molecule has 1 aromatic carbocycles. The summed E-state index contributed by atoms with van der Waals surface area (Å²) >= 11 is 0. The number of hydrogen-bond donors (Lipinski definition) is 2. The highest BCUT2D eigenvalue weighted by atomic mass is 19.1. The first-order valence-electron chi connectivity index (χ1n) is 7.10. The van der Waals surface area contributed by atoms with Gasteiger partial charge in [-0.05, 0) is 24.8 Å². The molecule has 2 bridgehead atoms. The van der Waals surface area contributed by atoms with Crippen molar-refractivity contribution < 1.29 is 13.9 Å². The number of alkyl halides is 1. The summed E-state index contributed by atoms with van der Waals surface area (Å²) in [4.78, 5) is 11.7. The normalized spacial score (nSPS) is 31.9. The molecule has 1 aromatic rings. The second-order valence-corrected chi connectivity index (χ2v) is 5.54. The van der Waals surface area contributed by atoms with E-state index in [0.29, 0.717) is 12.5 Å². The number of carbonyl (C=O) groups is 1. The predicted octanol–water partition coefficient (Wildman–Crippen LogP) is 2.14. The molecule has 2 aliphatic heterocycles. The Morgan fingerprint density at radius 3 is 2.95 bits per heavy atom. The average Bonchev–Trinajstić information content (AvgIpc) is 2.88. The lowest BCUT2D eigenvalue weighted by Crippen LogP contribution is -2.56. The Morgan fingerprint density at radius 2 is 2.15 bits per heavy atom. The summed E-state index contributed by atoms with van der Waals surface area (Å²) in [5.74, 6) is 0. The Kier molecular flexibility index (Phi) is 3.87. The topological polar surface area (TPSA) is 50.4 Å². The number of carbonyl (C=O) groups excluding carboxylic acids is 1. The van der Waals surface area contributed by atoms with Gasteiger partial charge in [0, 0.05) is 12.1 Å². The number of nitrogens with one attached hydrogen (secondary N) is 2. The third-order valence-corrected chi connectivity index (χ3v) is 4.10. The van der Waals surface area contributed by atoms with Crippen molar-refractivity contribution in [2.24, 2.45) is 0 Å². The third kappa shape index (κ3) is 2.93. The molecule has 2 saturated heterocycles. The minimum absolute atomic E-state index is 0.117. The first kappa shape index (κ1) is 13.4. The van der Waals surface area contributed by atoms with E-state index < -0.39 is 18.3 Å². The van der Waals surface area contributed by atoms with Crippen molar-refractivity contribution in [1.82, 2.24) is 10.6 Å². The largest absolute Gasteiger partial charge is 0.445 e. The van der Waals surface area contributed by atoms with Gasteiger partial charge in [-0.3, -0.25) is 0 Å². The van der Waals surface area contributed by atoms with Crippen LogP contribution < -0.4 is 10.6 Å². The molecule has 4 atom stereocenters. The SMILES string of the molecule is O=C(N[C@H]1C[C@H]2CC[C@H](N2)[C@@H]1F)OCc1ccccc1. The number of rotatable bonds is 3. The van der Waals surface area contributed by atoms with Gasteiger partial charge >= 0.3 is 6.09 Å². The summed E-state index contributed by atoms with van der Waals surface area (Å²) in [5, 5.41) is 5.90. The second kappa shape index (κ2) is 5.79. The van der Waals surface area contributed by atoms with Gasteiger partial charge < -0.3 is 15.4 Å². The fourth-order valence-electron chi connectivity index (χ4n) is 3.06. The standard InChI is InChI=1S/C15H19FN2O2/c16-14-12-7-6-11(17-12)8-13(14)18-15(19)20-9-10-4-2-1-3-5-10/h1-5,11-14,17H,6-9H2,(H,18,19)/t11-,12+,13+,14+/m1/s1. The Balaban J connectivity index is 1.49. The van der Waals surface area contributed by atoms with Crippen LogP contribution in [0.25, 0.3) is 0 Å². The number of halogens is 1. The number of hydrogen-bond acceptors (Lipinski definition) is 3. The highest BCUT2D eigenvalue weighted by Crippen LogP contribution is 2.29. The maximum atomic E-state index is 14.1. The molecule has 0 aliphatic carbocycles. The fourth-order valence-corrected chi connectivity index (χ4v) is 3.06. The van der Waals surface area contributed by atoms with Gasteiger partial charge in [0.15, 0.2) is 0 Å². The highest BCUT2D eigenvalue weighted by molar-refractivity contribution is 5.67. The molecule has 0 saturated carbocycles. The van der Waals surface area contributed by atoms with E-state index in [2.05, 4.69) is 10.6 Å². The summed E-state index contributed by atoms with van der Waals surface area (Å²) < 4.78 is 19.3. The molecule has 20 heavy (non-hydrogen) atoms. The van der Waals surface area contributed by atoms with Crippen LogP contribution in [0.15, 0.2) is 30.3 Å². The maximum Gasteiger partial charge on any atom is 0.407 e. The molecule has 2 aliphatic rings. The van der Waals surface area contributed by atoms with Crippen LogP contribution >= 0.6 is 0 Å². The third-order valence-electron chi connectivity index (χ3n) is 4.10.